The zero-order chi connectivity index (χ0) is 15.8. The molecule has 0 aliphatic rings. The summed E-state index contributed by atoms with van der Waals surface area (Å²) >= 11 is 0. The zero-order valence-electron chi connectivity index (χ0n) is 12.4. The van der Waals surface area contributed by atoms with Gasteiger partial charge in [-0.05, 0) is 47.5 Å². The molecule has 0 fully saturated rings. The molecule has 6 nitrogen and oxygen atoms in total. The number of rotatable bonds is 3. The van der Waals surface area contributed by atoms with Gasteiger partial charge < -0.3 is 14.9 Å². The van der Waals surface area contributed by atoms with Crippen LogP contribution in [0.5, 0.6) is 5.75 Å². The van der Waals surface area contributed by atoms with Crippen LogP contribution >= 0.6 is 0 Å². The molecule has 0 spiro atoms. The van der Waals surface area contributed by atoms with Gasteiger partial charge in [0.1, 0.15) is 11.6 Å². The highest BCUT2D eigenvalue weighted by Crippen LogP contribution is 2.27. The van der Waals surface area contributed by atoms with Crippen LogP contribution in [0.4, 0.5) is 5.82 Å². The van der Waals surface area contributed by atoms with Gasteiger partial charge in [0.05, 0.1) is 13.4 Å². The lowest BCUT2D eigenvalue weighted by atomic mass is 10.1. The lowest BCUT2D eigenvalue weighted by molar-refractivity contribution is 0.415. The van der Waals surface area contributed by atoms with Crippen molar-refractivity contribution in [1.82, 2.24) is 14.6 Å². The van der Waals surface area contributed by atoms with E-state index in [1.807, 2.05) is 42.5 Å². The molecule has 0 bridgehead atoms. The van der Waals surface area contributed by atoms with Crippen LogP contribution in [0.3, 0.4) is 0 Å². The van der Waals surface area contributed by atoms with Crippen LogP contribution in [0, 0.1) is 0 Å². The Bertz CT molecular complexity index is 974. The number of anilines is 1. The van der Waals surface area contributed by atoms with Crippen molar-refractivity contribution in [2.75, 3.05) is 12.8 Å². The minimum absolute atomic E-state index is 0.504. The predicted molar refractivity (Wildman–Crippen MR) is 87.1 cm³/mol. The maximum Gasteiger partial charge on any atom is 0.217 e. The number of aromatic nitrogens is 3. The summed E-state index contributed by atoms with van der Waals surface area (Å²) in [6.07, 6.45) is 1.59. The summed E-state index contributed by atoms with van der Waals surface area (Å²) in [5.41, 5.74) is 8.74. The van der Waals surface area contributed by atoms with Gasteiger partial charge in [0.25, 0.3) is 0 Å². The van der Waals surface area contributed by atoms with Crippen LogP contribution in [0.25, 0.3) is 28.4 Å². The van der Waals surface area contributed by atoms with Crippen molar-refractivity contribution in [3.05, 3.63) is 54.8 Å². The molecule has 4 rings (SSSR count). The van der Waals surface area contributed by atoms with Crippen LogP contribution < -0.4 is 10.5 Å². The van der Waals surface area contributed by atoms with E-state index < -0.39 is 0 Å². The first-order valence-electron chi connectivity index (χ1n) is 7.09. The molecule has 0 radical (unpaired) electrons. The van der Waals surface area contributed by atoms with Crippen molar-refractivity contribution in [1.29, 1.82) is 0 Å². The van der Waals surface area contributed by atoms with E-state index in [4.69, 9.17) is 14.9 Å². The molecule has 2 N–H and O–H groups in total. The Kier molecular flexibility index (Phi) is 3.01. The molecule has 0 aliphatic carbocycles. The van der Waals surface area contributed by atoms with Crippen molar-refractivity contribution in [3.8, 4) is 28.5 Å². The van der Waals surface area contributed by atoms with E-state index in [1.54, 1.807) is 24.0 Å². The largest absolute Gasteiger partial charge is 0.497 e. The van der Waals surface area contributed by atoms with Crippen LogP contribution in [-0.4, -0.2) is 21.7 Å². The van der Waals surface area contributed by atoms with Gasteiger partial charge in [0.15, 0.2) is 11.4 Å². The normalized spacial score (nSPS) is 11.0. The number of pyridine rings is 1. The molecule has 114 valence electrons. The number of hydrogen-bond acceptors (Lipinski definition) is 5. The van der Waals surface area contributed by atoms with Gasteiger partial charge in [0, 0.05) is 0 Å². The topological polar surface area (TPSA) is 78.6 Å². The first kappa shape index (κ1) is 13.4. The highest BCUT2D eigenvalue weighted by Gasteiger charge is 2.12. The predicted octanol–water partition coefficient (Wildman–Crippen LogP) is 3.25. The van der Waals surface area contributed by atoms with Crippen molar-refractivity contribution in [2.45, 2.75) is 0 Å². The number of hydrogen-bond donors (Lipinski definition) is 1. The number of nitrogens with two attached hydrogens (primary N) is 1. The summed E-state index contributed by atoms with van der Waals surface area (Å²) in [5.74, 6) is 2.41. The van der Waals surface area contributed by atoms with Crippen LogP contribution in [0.2, 0.25) is 0 Å². The average Bonchev–Trinajstić information content (AvgIpc) is 3.24. The number of ether oxygens (including phenoxy) is 1. The summed E-state index contributed by atoms with van der Waals surface area (Å²) in [6, 6.07) is 15.2. The highest BCUT2D eigenvalue weighted by atomic mass is 16.5. The molecule has 0 aliphatic heterocycles. The number of nitrogen functional groups attached to an aromatic ring is 1. The molecular weight excluding hydrogens is 292 g/mol. The third-order valence-electron chi connectivity index (χ3n) is 3.61. The monoisotopic (exact) mass is 306 g/mol. The summed E-state index contributed by atoms with van der Waals surface area (Å²) in [6.45, 7) is 0. The zero-order valence-corrected chi connectivity index (χ0v) is 12.4. The summed E-state index contributed by atoms with van der Waals surface area (Å²) in [7, 11) is 1.64. The van der Waals surface area contributed by atoms with Crippen molar-refractivity contribution in [3.63, 3.8) is 0 Å². The molecule has 23 heavy (non-hydrogen) atoms. The van der Waals surface area contributed by atoms with Gasteiger partial charge in [-0.15, -0.1) is 5.10 Å². The summed E-state index contributed by atoms with van der Waals surface area (Å²) in [5, 5.41) is 4.39. The quantitative estimate of drug-likeness (QED) is 0.628. The number of nitrogens with zero attached hydrogens (tertiary/aromatic N) is 3. The SMILES string of the molecule is COc1cccc(-c2cc(N)n3nc(-c4ccco4)nc3c2)c1. The van der Waals surface area contributed by atoms with E-state index in [-0.39, 0.29) is 0 Å². The molecular formula is C17H14N4O2. The fourth-order valence-corrected chi connectivity index (χ4v) is 2.49. The van der Waals surface area contributed by atoms with Gasteiger partial charge in [-0.25, -0.2) is 4.98 Å². The van der Waals surface area contributed by atoms with Crippen LogP contribution in [0.1, 0.15) is 0 Å². The first-order valence-corrected chi connectivity index (χ1v) is 7.09. The molecule has 0 atom stereocenters. The van der Waals surface area contributed by atoms with Gasteiger partial charge >= 0.3 is 0 Å². The van der Waals surface area contributed by atoms with E-state index in [9.17, 15) is 0 Å². The fourth-order valence-electron chi connectivity index (χ4n) is 2.49. The van der Waals surface area contributed by atoms with Crippen molar-refractivity contribution in [2.24, 2.45) is 0 Å². The molecule has 0 unspecified atom stereocenters. The highest BCUT2D eigenvalue weighted by molar-refractivity contribution is 5.72. The minimum atomic E-state index is 0.504. The van der Waals surface area contributed by atoms with E-state index >= 15 is 0 Å². The summed E-state index contributed by atoms with van der Waals surface area (Å²) in [4.78, 5) is 4.49. The van der Waals surface area contributed by atoms with Crippen LogP contribution in [-0.2, 0) is 0 Å². The number of furan rings is 1. The van der Waals surface area contributed by atoms with Gasteiger partial charge in [-0.3, -0.25) is 0 Å². The third-order valence-corrected chi connectivity index (χ3v) is 3.61. The molecule has 3 aromatic heterocycles. The van der Waals surface area contributed by atoms with E-state index in [2.05, 4.69) is 10.1 Å². The lowest BCUT2D eigenvalue weighted by Gasteiger charge is -2.06. The minimum Gasteiger partial charge on any atom is -0.497 e. The van der Waals surface area contributed by atoms with E-state index in [1.165, 1.54) is 0 Å². The maximum absolute atomic E-state index is 6.13. The van der Waals surface area contributed by atoms with E-state index in [0.717, 1.165) is 16.9 Å². The van der Waals surface area contributed by atoms with Crippen molar-refractivity contribution < 1.29 is 9.15 Å². The van der Waals surface area contributed by atoms with Crippen LogP contribution in [0.15, 0.2) is 59.2 Å². The maximum atomic E-state index is 6.13. The number of benzene rings is 1. The molecule has 6 heteroatoms. The van der Waals surface area contributed by atoms with Gasteiger partial charge in [-0.2, -0.15) is 4.52 Å². The first-order chi connectivity index (χ1) is 11.2. The molecule has 4 aromatic rings. The summed E-state index contributed by atoms with van der Waals surface area (Å²) < 4.78 is 12.2. The average molecular weight is 306 g/mol. The molecule has 0 saturated carbocycles. The molecule has 1 aromatic carbocycles. The Morgan fingerprint density at radius 2 is 2.00 bits per heavy atom. The lowest BCUT2D eigenvalue weighted by Crippen LogP contribution is -1.99. The molecule has 0 amide bonds. The Balaban J connectivity index is 1.86. The number of fused-ring (bicyclic) bond motifs is 1. The van der Waals surface area contributed by atoms with E-state index in [0.29, 0.717) is 23.0 Å². The Labute approximate surface area is 132 Å². The smallest absolute Gasteiger partial charge is 0.217 e. The molecule has 0 saturated heterocycles. The van der Waals surface area contributed by atoms with Gasteiger partial charge in [0.2, 0.25) is 5.82 Å². The third kappa shape index (κ3) is 2.30. The second-order valence-electron chi connectivity index (χ2n) is 5.08. The second-order valence-corrected chi connectivity index (χ2v) is 5.08. The Morgan fingerprint density at radius 1 is 1.09 bits per heavy atom. The van der Waals surface area contributed by atoms with Gasteiger partial charge in [-0.1, -0.05) is 12.1 Å². The second kappa shape index (κ2) is 5.17. The standard InChI is InChI=1S/C17H14N4O2/c1-22-13-5-2-4-11(8-13)12-9-15(18)21-16(10-12)19-17(20-21)14-6-3-7-23-14/h2-10H,18H2,1H3. The fraction of sp³-hybridized carbons (Fsp3) is 0.0588. The Hall–Kier alpha value is -3.28. The van der Waals surface area contributed by atoms with Crippen molar-refractivity contribution >= 4 is 11.5 Å². The Morgan fingerprint density at radius 3 is 2.78 bits per heavy atom. The number of methoxy groups -OCH3 is 1. The molecule has 3 heterocycles.